The number of carbonyl (C=O) groups is 4. The van der Waals surface area contributed by atoms with E-state index in [1.165, 1.54) is 28.5 Å². The van der Waals surface area contributed by atoms with Crippen molar-refractivity contribution in [3.63, 3.8) is 0 Å². The lowest BCUT2D eigenvalue weighted by molar-refractivity contribution is -0.149. The number of nitrogens with one attached hydrogen (secondary N) is 4. The first-order chi connectivity index (χ1) is 34.4. The molecule has 0 spiro atoms. The highest BCUT2D eigenvalue weighted by Gasteiger charge is 2.54. The van der Waals surface area contributed by atoms with Crippen LogP contribution in [0.1, 0.15) is 86.8 Å². The molecular formula is C51H65ClF2N10O6S2. The SMILES string of the molecule is CNc1nc(Nc2ccc(C(=O)N3CCN(C[C@H]4CC[C@H](CSC(C)(C)[C@H](NC(=O)C5(F)CC5)C(=O)N5C[C@H](O)CCC5C(=O)NCc5ccc(-c6scnc6C)cc5F)CC4)CC3)cc2OC)ncc1Cl. The molecule has 4 amide bonds. The van der Waals surface area contributed by atoms with E-state index in [9.17, 15) is 24.3 Å². The zero-order valence-electron chi connectivity index (χ0n) is 41.4. The van der Waals surface area contributed by atoms with E-state index in [4.69, 9.17) is 16.3 Å². The average molecular weight is 1050 g/mol. The zero-order chi connectivity index (χ0) is 51.3. The monoisotopic (exact) mass is 1050 g/mol. The standard InChI is InChI=1S/C51H65ClF2N10O6S2/c1-30-42(71-29-58-30)33-10-11-35(38(53)22-33)24-56-45(66)40-15-13-36(65)27-64(40)47(68)43(60-48(69)51(54)16-17-51)50(2,3)72-28-32-8-6-31(7-9-32)26-62-18-20-63(21-19-62)46(67)34-12-14-39(41(23-34)70-5)59-49-57-25-37(52)44(55-4)61-49/h10-12,14,22-23,25,29,31-32,36,40,43,65H,6-9,13,15-21,24,26-28H2,1-5H3,(H,56,66)(H,60,69)(H2,55,57,59,61)/t31-,32-,36-,40?,43-/m1/s1. The number of halogens is 3. The first kappa shape index (κ1) is 53.2. The number of aryl methyl sites for hydroxylation is 1. The second-order valence-electron chi connectivity index (χ2n) is 20.0. The number of methoxy groups -OCH3 is 1. The minimum Gasteiger partial charge on any atom is -0.495 e. The number of thioether (sulfide) groups is 1. The van der Waals surface area contributed by atoms with Gasteiger partial charge in [-0.1, -0.05) is 23.7 Å². The van der Waals surface area contributed by atoms with Crippen molar-refractivity contribution < 1.29 is 37.8 Å². The lowest BCUT2D eigenvalue weighted by atomic mass is 9.82. The smallest absolute Gasteiger partial charge is 0.258 e. The fourth-order valence-electron chi connectivity index (χ4n) is 9.80. The van der Waals surface area contributed by atoms with Gasteiger partial charge in [0.15, 0.2) is 5.67 Å². The number of aromatic nitrogens is 3. The predicted octanol–water partition coefficient (Wildman–Crippen LogP) is 7.23. The van der Waals surface area contributed by atoms with Gasteiger partial charge in [-0.15, -0.1) is 11.3 Å². The normalized spacial score (nSPS) is 21.6. The molecule has 1 unspecified atom stereocenters. The zero-order valence-corrected chi connectivity index (χ0v) is 43.8. The Balaban J connectivity index is 0.823. The van der Waals surface area contributed by atoms with Crippen LogP contribution in [0, 0.1) is 24.6 Å². The van der Waals surface area contributed by atoms with E-state index in [0.29, 0.717) is 70.0 Å². The van der Waals surface area contributed by atoms with Gasteiger partial charge in [0.05, 0.1) is 41.2 Å². The molecule has 21 heteroatoms. The van der Waals surface area contributed by atoms with Crippen LogP contribution in [0.2, 0.25) is 5.02 Å². The molecule has 2 saturated heterocycles. The number of β-amino-alcohol motifs (C(OH)–C–C–N with tert-alkyl or cyclic N) is 1. The highest BCUT2D eigenvalue weighted by Crippen LogP contribution is 2.42. The molecule has 2 saturated carbocycles. The Morgan fingerprint density at radius 2 is 1.75 bits per heavy atom. The van der Waals surface area contributed by atoms with Crippen LogP contribution in [0.5, 0.6) is 5.75 Å². The summed E-state index contributed by atoms with van der Waals surface area (Å²) in [6.45, 7) is 9.04. The molecular weight excluding hydrogens is 986 g/mol. The number of piperazine rings is 1. The molecule has 4 heterocycles. The number of ether oxygens (including phenoxy) is 1. The number of likely N-dealkylation sites (tertiary alicyclic amines) is 1. The number of hydrogen-bond acceptors (Lipinski definition) is 14. The van der Waals surface area contributed by atoms with Crippen molar-refractivity contribution in [3.8, 4) is 16.2 Å². The van der Waals surface area contributed by atoms with Crippen molar-refractivity contribution in [2.45, 2.75) is 107 Å². The summed E-state index contributed by atoms with van der Waals surface area (Å²) < 4.78 is 35.3. The number of benzene rings is 2. The summed E-state index contributed by atoms with van der Waals surface area (Å²) in [7, 11) is 3.26. The van der Waals surface area contributed by atoms with Crippen LogP contribution >= 0.6 is 34.7 Å². The van der Waals surface area contributed by atoms with Crippen LogP contribution in [0.3, 0.4) is 0 Å². The summed E-state index contributed by atoms with van der Waals surface area (Å²) >= 11 is 9.11. The number of amides is 4. The number of rotatable bonds is 18. The lowest BCUT2D eigenvalue weighted by Crippen LogP contribution is -2.64. The Morgan fingerprint density at radius 1 is 1.01 bits per heavy atom. The number of aliphatic hydroxyl groups is 1. The predicted molar refractivity (Wildman–Crippen MR) is 277 cm³/mol. The quantitative estimate of drug-likeness (QED) is 0.0671. The number of hydrogen-bond donors (Lipinski definition) is 5. The van der Waals surface area contributed by atoms with Gasteiger partial charge in [0, 0.05) is 68.7 Å². The first-order valence-corrected chi connectivity index (χ1v) is 27.0. The van der Waals surface area contributed by atoms with Crippen molar-refractivity contribution in [2.24, 2.45) is 11.8 Å². The fraction of sp³-hybridized carbons (Fsp3) is 0.549. The number of nitrogens with zero attached hydrogens (tertiary/aromatic N) is 6. The van der Waals surface area contributed by atoms with E-state index in [1.54, 1.807) is 61.8 Å². The molecule has 4 fully saturated rings. The van der Waals surface area contributed by atoms with Crippen LogP contribution in [0.4, 0.5) is 26.2 Å². The topological polar surface area (TPSA) is 194 Å². The number of carbonyl (C=O) groups excluding carboxylic acids is 4. The van der Waals surface area contributed by atoms with E-state index < -0.39 is 52.1 Å². The third-order valence-corrected chi connectivity index (χ3v) is 17.4. The summed E-state index contributed by atoms with van der Waals surface area (Å²) in [5.41, 5.74) is 2.56. The van der Waals surface area contributed by atoms with Gasteiger partial charge in [0.25, 0.3) is 11.8 Å². The van der Waals surface area contributed by atoms with Crippen LogP contribution < -0.4 is 26.0 Å². The lowest BCUT2D eigenvalue weighted by Gasteiger charge is -2.43. The molecule has 2 aromatic carbocycles. The molecule has 3 atom stereocenters. The number of thiazole rings is 1. The highest BCUT2D eigenvalue weighted by atomic mass is 35.5. The molecule has 2 aliphatic heterocycles. The van der Waals surface area contributed by atoms with E-state index in [1.807, 2.05) is 25.7 Å². The summed E-state index contributed by atoms with van der Waals surface area (Å²) in [6, 6.07) is 7.91. The van der Waals surface area contributed by atoms with Crippen LogP contribution in [0.25, 0.3) is 10.4 Å². The Hall–Kier alpha value is -5.15. The molecule has 2 aromatic heterocycles. The van der Waals surface area contributed by atoms with Gasteiger partial charge in [-0.2, -0.15) is 16.7 Å². The number of piperidine rings is 1. The van der Waals surface area contributed by atoms with E-state index in [0.717, 1.165) is 55.9 Å². The second-order valence-corrected chi connectivity index (χ2v) is 22.9. The first-order valence-electron chi connectivity index (χ1n) is 24.7. The van der Waals surface area contributed by atoms with Crippen molar-refractivity contribution in [1.29, 1.82) is 0 Å². The van der Waals surface area contributed by atoms with Crippen LogP contribution in [-0.2, 0) is 20.9 Å². The van der Waals surface area contributed by atoms with Crippen molar-refractivity contribution in [3.05, 3.63) is 75.8 Å². The summed E-state index contributed by atoms with van der Waals surface area (Å²) in [5, 5.41) is 22.8. The highest BCUT2D eigenvalue weighted by molar-refractivity contribution is 8.00. The minimum absolute atomic E-state index is 0.0613. The molecule has 16 nitrogen and oxygen atoms in total. The Morgan fingerprint density at radius 3 is 2.42 bits per heavy atom. The molecule has 4 aromatic rings. The molecule has 72 heavy (non-hydrogen) atoms. The maximum absolute atomic E-state index is 15.3. The van der Waals surface area contributed by atoms with Gasteiger partial charge in [-0.3, -0.25) is 24.1 Å². The van der Waals surface area contributed by atoms with Gasteiger partial charge in [-0.05, 0) is 120 Å². The third kappa shape index (κ3) is 12.6. The maximum atomic E-state index is 15.3. The Bertz CT molecular complexity index is 2610. The van der Waals surface area contributed by atoms with Crippen molar-refractivity contribution in [1.82, 2.24) is 40.3 Å². The summed E-state index contributed by atoms with van der Waals surface area (Å²) in [5.74, 6) is 0.412. The van der Waals surface area contributed by atoms with Crippen LogP contribution in [0.15, 0.2) is 48.1 Å². The maximum Gasteiger partial charge on any atom is 0.258 e. The number of anilines is 3. The molecule has 388 valence electrons. The largest absolute Gasteiger partial charge is 0.495 e. The van der Waals surface area contributed by atoms with Gasteiger partial charge >= 0.3 is 0 Å². The Kier molecular flexibility index (Phi) is 16.9. The molecule has 5 N–H and O–H groups in total. The molecule has 2 aliphatic carbocycles. The van der Waals surface area contributed by atoms with Crippen molar-refractivity contribution in [2.75, 3.05) is 69.8 Å². The summed E-state index contributed by atoms with van der Waals surface area (Å²) in [4.78, 5) is 74.9. The van der Waals surface area contributed by atoms with Crippen LogP contribution in [-0.4, -0.2) is 146 Å². The van der Waals surface area contributed by atoms with Gasteiger partial charge < -0.3 is 40.9 Å². The Labute approximate surface area is 432 Å². The van der Waals surface area contributed by atoms with E-state index in [-0.39, 0.29) is 50.2 Å². The van der Waals surface area contributed by atoms with Gasteiger partial charge in [0.1, 0.15) is 34.5 Å². The minimum atomic E-state index is -2.04. The van der Waals surface area contributed by atoms with Crippen molar-refractivity contribution >= 4 is 75.8 Å². The van der Waals surface area contributed by atoms with E-state index >= 15 is 8.78 Å². The average Bonchev–Trinajstić information content (AvgIpc) is 3.99. The van der Waals surface area contributed by atoms with Gasteiger partial charge in [-0.25, -0.2) is 18.7 Å². The fourth-order valence-corrected chi connectivity index (χ4v) is 12.1. The third-order valence-electron chi connectivity index (χ3n) is 14.5. The van der Waals surface area contributed by atoms with Gasteiger partial charge in [0.2, 0.25) is 17.8 Å². The number of alkyl halides is 1. The molecule has 0 bridgehead atoms. The molecule has 4 aliphatic rings. The summed E-state index contributed by atoms with van der Waals surface area (Å²) in [6.07, 6.45) is 5.24. The number of aliphatic hydroxyl groups excluding tert-OH is 1. The molecule has 8 rings (SSSR count). The second kappa shape index (κ2) is 22.9. The van der Waals surface area contributed by atoms with E-state index in [2.05, 4.69) is 41.1 Å². The molecule has 0 radical (unpaired) electrons.